The summed E-state index contributed by atoms with van der Waals surface area (Å²) in [6.45, 7) is 0.362. The molecule has 2 aliphatic heterocycles. The van der Waals surface area contributed by atoms with Crippen LogP contribution in [0, 0.1) is 11.6 Å². The van der Waals surface area contributed by atoms with Crippen LogP contribution in [0.2, 0.25) is 0 Å². The van der Waals surface area contributed by atoms with Crippen LogP contribution in [0.4, 0.5) is 18.0 Å². The van der Waals surface area contributed by atoms with Gasteiger partial charge in [-0.05, 0) is 48.9 Å². The lowest BCUT2D eigenvalue weighted by atomic mass is 9.89. The van der Waals surface area contributed by atoms with E-state index in [0.29, 0.717) is 24.1 Å². The summed E-state index contributed by atoms with van der Waals surface area (Å²) in [5.41, 5.74) is -0.254. The van der Waals surface area contributed by atoms with Gasteiger partial charge in [0.25, 0.3) is 0 Å². The number of alkyl halides is 1. The summed E-state index contributed by atoms with van der Waals surface area (Å²) in [5, 5.41) is 10.6. The lowest BCUT2D eigenvalue weighted by Gasteiger charge is -2.43. The van der Waals surface area contributed by atoms with Crippen molar-refractivity contribution >= 4 is 11.6 Å². The average Bonchev–Trinajstić information content (AvgIpc) is 3.21. The average molecular weight is 460 g/mol. The van der Waals surface area contributed by atoms with Crippen LogP contribution in [-0.4, -0.2) is 78.4 Å². The number of aliphatic hydroxyl groups excluding tert-OH is 1. The molecule has 1 saturated heterocycles. The van der Waals surface area contributed by atoms with Crippen LogP contribution >= 0.6 is 0 Å². The summed E-state index contributed by atoms with van der Waals surface area (Å²) < 4.78 is 43.4. The maximum Gasteiger partial charge on any atom is 0.321 e. The number of hydrogen-bond acceptors (Lipinski definition) is 3. The maximum atomic E-state index is 14.8. The van der Waals surface area contributed by atoms with Gasteiger partial charge in [-0.15, -0.1) is 0 Å². The number of urea groups is 1. The molecule has 33 heavy (non-hydrogen) atoms. The van der Waals surface area contributed by atoms with Gasteiger partial charge in [-0.3, -0.25) is 0 Å². The molecular formula is C25H28F3N3O2. The molecule has 0 radical (unpaired) electrons. The molecular weight excluding hydrogens is 431 g/mol. The van der Waals surface area contributed by atoms with Crippen molar-refractivity contribution in [2.45, 2.75) is 24.2 Å². The monoisotopic (exact) mass is 459 g/mol. The van der Waals surface area contributed by atoms with Gasteiger partial charge < -0.3 is 19.8 Å². The summed E-state index contributed by atoms with van der Waals surface area (Å²) in [5.74, 6) is -1.22. The molecule has 2 amide bonds. The van der Waals surface area contributed by atoms with Crippen molar-refractivity contribution in [1.29, 1.82) is 0 Å². The smallest absolute Gasteiger partial charge is 0.321 e. The minimum absolute atomic E-state index is 0.0318. The van der Waals surface area contributed by atoms with Gasteiger partial charge in [-0.2, -0.15) is 0 Å². The Kier molecular flexibility index (Phi) is 6.50. The zero-order valence-corrected chi connectivity index (χ0v) is 18.7. The minimum Gasteiger partial charge on any atom is -0.393 e. The van der Waals surface area contributed by atoms with Crippen LogP contribution in [0.15, 0.2) is 54.6 Å². The Morgan fingerprint density at radius 3 is 2.61 bits per heavy atom. The minimum atomic E-state index is -1.29. The van der Waals surface area contributed by atoms with Crippen molar-refractivity contribution in [3.63, 3.8) is 0 Å². The van der Waals surface area contributed by atoms with Crippen LogP contribution in [0.3, 0.4) is 0 Å². The number of rotatable bonds is 4. The van der Waals surface area contributed by atoms with E-state index >= 15 is 0 Å². The predicted molar refractivity (Wildman–Crippen MR) is 120 cm³/mol. The molecule has 0 saturated carbocycles. The number of amides is 2. The lowest BCUT2D eigenvalue weighted by Crippen LogP contribution is -2.58. The number of hydrogen-bond donors (Lipinski definition) is 1. The van der Waals surface area contributed by atoms with Gasteiger partial charge in [-0.1, -0.05) is 30.3 Å². The van der Waals surface area contributed by atoms with Crippen LogP contribution in [0.25, 0.3) is 5.57 Å². The van der Waals surface area contributed by atoms with Crippen LogP contribution in [-0.2, 0) is 5.54 Å². The Hall–Kier alpha value is -2.84. The number of nitrogens with zero attached hydrogens (tertiary/aromatic N) is 3. The molecule has 5 nitrogen and oxygen atoms in total. The maximum absolute atomic E-state index is 14.8. The van der Waals surface area contributed by atoms with Gasteiger partial charge in [0.2, 0.25) is 0 Å². The third-order valence-corrected chi connectivity index (χ3v) is 6.75. The SMILES string of the molecule is CN1CC[C@@H](N(C)C(=O)N2CC(c3cc(F)ccc3F)=C[C@@]2(CO)c2ccccc2)[C@@H](F)C1. The van der Waals surface area contributed by atoms with E-state index in [-0.39, 0.29) is 18.7 Å². The molecule has 2 aliphatic rings. The largest absolute Gasteiger partial charge is 0.393 e. The van der Waals surface area contributed by atoms with Crippen molar-refractivity contribution < 1.29 is 23.1 Å². The summed E-state index contributed by atoms with van der Waals surface area (Å²) >= 11 is 0. The molecule has 176 valence electrons. The summed E-state index contributed by atoms with van der Waals surface area (Å²) in [6, 6.07) is 11.0. The molecule has 0 bridgehead atoms. The van der Waals surface area contributed by atoms with E-state index in [1.165, 1.54) is 9.80 Å². The molecule has 3 atom stereocenters. The van der Waals surface area contributed by atoms with Crippen molar-refractivity contribution in [3.05, 3.63) is 77.4 Å². The Bertz CT molecular complexity index is 1050. The van der Waals surface area contributed by atoms with Gasteiger partial charge in [0.1, 0.15) is 23.3 Å². The lowest BCUT2D eigenvalue weighted by molar-refractivity contribution is 0.0417. The second kappa shape index (κ2) is 9.19. The normalized spacial score (nSPS) is 25.8. The first-order valence-corrected chi connectivity index (χ1v) is 11.0. The van der Waals surface area contributed by atoms with Crippen LogP contribution < -0.4 is 0 Å². The fraction of sp³-hybridized carbons (Fsp3) is 0.400. The van der Waals surface area contributed by atoms with E-state index in [9.17, 15) is 23.1 Å². The Balaban J connectivity index is 1.75. The van der Waals surface area contributed by atoms with Gasteiger partial charge in [0.15, 0.2) is 0 Å². The summed E-state index contributed by atoms with van der Waals surface area (Å²) in [4.78, 5) is 18.4. The number of piperidine rings is 1. The van der Waals surface area contributed by atoms with E-state index in [1.807, 2.05) is 18.0 Å². The second-order valence-corrected chi connectivity index (χ2v) is 8.86. The molecule has 2 aromatic carbocycles. The highest BCUT2D eigenvalue weighted by Gasteiger charge is 2.47. The molecule has 4 rings (SSSR count). The molecule has 0 aliphatic carbocycles. The second-order valence-electron chi connectivity index (χ2n) is 8.86. The van der Waals surface area contributed by atoms with E-state index in [2.05, 4.69) is 0 Å². The molecule has 2 aromatic rings. The molecule has 0 unspecified atom stereocenters. The van der Waals surface area contributed by atoms with E-state index in [4.69, 9.17) is 0 Å². The Morgan fingerprint density at radius 1 is 1.21 bits per heavy atom. The number of halogens is 3. The first kappa shape index (κ1) is 23.3. The van der Waals surface area contributed by atoms with Crippen molar-refractivity contribution in [3.8, 4) is 0 Å². The Labute approximate surface area is 191 Å². The van der Waals surface area contributed by atoms with Gasteiger partial charge in [0, 0.05) is 32.2 Å². The topological polar surface area (TPSA) is 47.0 Å². The highest BCUT2D eigenvalue weighted by atomic mass is 19.1. The van der Waals surface area contributed by atoms with Gasteiger partial charge in [0.05, 0.1) is 12.6 Å². The first-order valence-electron chi connectivity index (χ1n) is 11.0. The molecule has 2 heterocycles. The number of benzene rings is 2. The van der Waals surface area contributed by atoms with Crippen molar-refractivity contribution in [2.75, 3.05) is 40.3 Å². The standard InChI is InChI=1S/C25H28F3N3O2/c1-29-11-10-23(22(28)15-29)30(2)24(33)31-14-17(20-12-19(26)8-9-21(20)27)13-25(31,16-32)18-6-4-3-5-7-18/h3-9,12-13,22-23,32H,10-11,14-16H2,1-2H3/t22-,23+,25+/m0/s1. The molecule has 0 aromatic heterocycles. The van der Waals surface area contributed by atoms with Crippen molar-refractivity contribution in [2.24, 2.45) is 0 Å². The highest BCUT2D eigenvalue weighted by molar-refractivity contribution is 5.83. The predicted octanol–water partition coefficient (Wildman–Crippen LogP) is 3.65. The zero-order valence-electron chi connectivity index (χ0n) is 18.7. The van der Waals surface area contributed by atoms with Crippen LogP contribution in [0.5, 0.6) is 0 Å². The zero-order chi connectivity index (χ0) is 23.8. The van der Waals surface area contributed by atoms with E-state index < -0.39 is 42.0 Å². The summed E-state index contributed by atoms with van der Waals surface area (Å²) in [6.07, 6.45) is 0.881. The van der Waals surface area contributed by atoms with Gasteiger partial charge >= 0.3 is 6.03 Å². The molecule has 0 spiro atoms. The van der Waals surface area contributed by atoms with Crippen molar-refractivity contribution in [1.82, 2.24) is 14.7 Å². The Morgan fingerprint density at radius 2 is 1.94 bits per heavy atom. The van der Waals surface area contributed by atoms with Crippen LogP contribution in [0.1, 0.15) is 17.5 Å². The third-order valence-electron chi connectivity index (χ3n) is 6.75. The van der Waals surface area contributed by atoms with E-state index in [0.717, 1.165) is 18.2 Å². The third kappa shape index (κ3) is 4.25. The molecule has 8 heteroatoms. The molecule has 1 fully saturated rings. The number of aliphatic hydroxyl groups is 1. The number of likely N-dealkylation sites (tertiary alicyclic amines) is 1. The quantitative estimate of drug-likeness (QED) is 0.760. The van der Waals surface area contributed by atoms with Gasteiger partial charge in [-0.25, -0.2) is 18.0 Å². The number of carbonyl (C=O) groups excluding carboxylic acids is 1. The first-order chi connectivity index (χ1) is 15.8. The fourth-order valence-electron chi connectivity index (χ4n) is 4.87. The molecule has 1 N–H and O–H groups in total. The fourth-order valence-corrected chi connectivity index (χ4v) is 4.87. The summed E-state index contributed by atoms with van der Waals surface area (Å²) in [7, 11) is 3.39. The van der Waals surface area contributed by atoms with E-state index in [1.54, 1.807) is 37.4 Å². The highest BCUT2D eigenvalue weighted by Crippen LogP contribution is 2.41. The number of carbonyl (C=O) groups is 1.